The standard InChI is InChI=1S/C12H16N2/c1-9-5-6-12(10(2)7-9)14(4)11(3)8-13/h5-7,11H,1-4H3. The molecule has 0 spiro atoms. The van der Waals surface area contributed by atoms with E-state index in [0.29, 0.717) is 0 Å². The Morgan fingerprint density at radius 3 is 2.50 bits per heavy atom. The fourth-order valence-electron chi connectivity index (χ4n) is 1.50. The Labute approximate surface area is 85.8 Å². The van der Waals surface area contributed by atoms with Crippen LogP contribution < -0.4 is 4.90 Å². The smallest absolute Gasteiger partial charge is 0.113 e. The molecule has 74 valence electrons. The van der Waals surface area contributed by atoms with Gasteiger partial charge in [-0.25, -0.2) is 0 Å². The van der Waals surface area contributed by atoms with Crippen molar-refractivity contribution in [3.8, 4) is 6.07 Å². The second-order valence-electron chi connectivity index (χ2n) is 3.71. The zero-order valence-electron chi connectivity index (χ0n) is 9.20. The SMILES string of the molecule is Cc1ccc(N(C)C(C)C#N)c(C)c1. The van der Waals surface area contributed by atoms with E-state index in [1.54, 1.807) is 0 Å². The Morgan fingerprint density at radius 1 is 1.36 bits per heavy atom. The molecular weight excluding hydrogens is 172 g/mol. The van der Waals surface area contributed by atoms with Gasteiger partial charge >= 0.3 is 0 Å². The van der Waals surface area contributed by atoms with Gasteiger partial charge in [0.1, 0.15) is 6.04 Å². The second kappa shape index (κ2) is 4.15. The number of aryl methyl sites for hydroxylation is 2. The number of nitrogens with zero attached hydrogens (tertiary/aromatic N) is 2. The lowest BCUT2D eigenvalue weighted by molar-refractivity contribution is 0.831. The molecule has 0 aliphatic heterocycles. The van der Waals surface area contributed by atoms with Crippen molar-refractivity contribution in [3.63, 3.8) is 0 Å². The van der Waals surface area contributed by atoms with Crippen molar-refractivity contribution < 1.29 is 0 Å². The van der Waals surface area contributed by atoms with Crippen molar-refractivity contribution in [2.24, 2.45) is 0 Å². The topological polar surface area (TPSA) is 27.0 Å². The van der Waals surface area contributed by atoms with E-state index >= 15 is 0 Å². The third kappa shape index (κ3) is 2.05. The fourth-order valence-corrected chi connectivity index (χ4v) is 1.50. The fraction of sp³-hybridized carbons (Fsp3) is 0.417. The van der Waals surface area contributed by atoms with Crippen molar-refractivity contribution in [1.82, 2.24) is 0 Å². The van der Waals surface area contributed by atoms with Gasteiger partial charge in [-0.15, -0.1) is 0 Å². The van der Waals surface area contributed by atoms with Crippen LogP contribution in [0, 0.1) is 25.2 Å². The molecule has 0 amide bonds. The van der Waals surface area contributed by atoms with Crippen LogP contribution in [-0.4, -0.2) is 13.1 Å². The predicted molar refractivity (Wildman–Crippen MR) is 59.4 cm³/mol. The van der Waals surface area contributed by atoms with Gasteiger partial charge in [0.25, 0.3) is 0 Å². The van der Waals surface area contributed by atoms with Gasteiger partial charge in [-0.05, 0) is 32.4 Å². The van der Waals surface area contributed by atoms with Gasteiger partial charge in [-0.1, -0.05) is 17.7 Å². The lowest BCUT2D eigenvalue weighted by atomic mass is 10.1. The number of rotatable bonds is 2. The van der Waals surface area contributed by atoms with Crippen LogP contribution in [-0.2, 0) is 0 Å². The van der Waals surface area contributed by atoms with E-state index in [0.717, 1.165) is 5.69 Å². The first-order chi connectivity index (χ1) is 6.56. The van der Waals surface area contributed by atoms with Crippen molar-refractivity contribution >= 4 is 5.69 Å². The van der Waals surface area contributed by atoms with Crippen LogP contribution >= 0.6 is 0 Å². The van der Waals surface area contributed by atoms with E-state index in [-0.39, 0.29) is 6.04 Å². The van der Waals surface area contributed by atoms with E-state index in [4.69, 9.17) is 5.26 Å². The summed E-state index contributed by atoms with van der Waals surface area (Å²) in [4.78, 5) is 1.99. The van der Waals surface area contributed by atoms with E-state index in [9.17, 15) is 0 Å². The molecule has 2 nitrogen and oxygen atoms in total. The van der Waals surface area contributed by atoms with Crippen LogP contribution in [0.2, 0.25) is 0 Å². The first-order valence-corrected chi connectivity index (χ1v) is 4.76. The van der Waals surface area contributed by atoms with Crippen LogP contribution in [0.25, 0.3) is 0 Å². The van der Waals surface area contributed by atoms with Gasteiger partial charge < -0.3 is 4.90 Å². The Kier molecular flexibility index (Phi) is 3.14. The molecule has 1 aromatic rings. The summed E-state index contributed by atoms with van der Waals surface area (Å²) in [5.74, 6) is 0. The number of hydrogen-bond donors (Lipinski definition) is 0. The predicted octanol–water partition coefficient (Wildman–Crippen LogP) is 2.65. The monoisotopic (exact) mass is 188 g/mol. The Balaban J connectivity index is 3.03. The third-order valence-corrected chi connectivity index (χ3v) is 2.50. The number of anilines is 1. The van der Waals surface area contributed by atoms with Gasteiger partial charge in [-0.3, -0.25) is 0 Å². The number of nitriles is 1. The van der Waals surface area contributed by atoms with Gasteiger partial charge in [0, 0.05) is 12.7 Å². The van der Waals surface area contributed by atoms with Gasteiger partial charge in [0.2, 0.25) is 0 Å². The van der Waals surface area contributed by atoms with Crippen LogP contribution in [0.1, 0.15) is 18.1 Å². The minimum absolute atomic E-state index is 0.0867. The quantitative estimate of drug-likeness (QED) is 0.713. The first-order valence-electron chi connectivity index (χ1n) is 4.76. The molecule has 0 saturated carbocycles. The number of hydrogen-bond acceptors (Lipinski definition) is 2. The molecule has 0 heterocycles. The van der Waals surface area contributed by atoms with Gasteiger partial charge in [-0.2, -0.15) is 5.26 Å². The van der Waals surface area contributed by atoms with E-state index in [1.807, 2.05) is 18.9 Å². The molecule has 0 radical (unpaired) electrons. The average Bonchev–Trinajstić information content (AvgIpc) is 2.15. The molecule has 1 atom stereocenters. The third-order valence-electron chi connectivity index (χ3n) is 2.50. The molecule has 1 rings (SSSR count). The zero-order chi connectivity index (χ0) is 10.7. The van der Waals surface area contributed by atoms with Crippen molar-refractivity contribution in [2.75, 3.05) is 11.9 Å². The van der Waals surface area contributed by atoms with Crippen molar-refractivity contribution in [1.29, 1.82) is 5.26 Å². The maximum Gasteiger partial charge on any atom is 0.113 e. The normalized spacial score (nSPS) is 11.9. The molecule has 0 aliphatic rings. The zero-order valence-corrected chi connectivity index (χ0v) is 9.20. The van der Waals surface area contributed by atoms with Crippen molar-refractivity contribution in [3.05, 3.63) is 29.3 Å². The van der Waals surface area contributed by atoms with Gasteiger partial charge in [0.15, 0.2) is 0 Å². The summed E-state index contributed by atoms with van der Waals surface area (Å²) in [7, 11) is 1.95. The second-order valence-corrected chi connectivity index (χ2v) is 3.71. The molecule has 0 aromatic heterocycles. The lowest BCUT2D eigenvalue weighted by Gasteiger charge is -2.23. The molecule has 0 bridgehead atoms. The molecule has 1 aromatic carbocycles. The number of benzene rings is 1. The summed E-state index contributed by atoms with van der Waals surface area (Å²) in [5.41, 5.74) is 3.60. The maximum atomic E-state index is 8.82. The molecule has 0 fully saturated rings. The highest BCUT2D eigenvalue weighted by atomic mass is 15.1. The highest BCUT2D eigenvalue weighted by Gasteiger charge is 2.10. The molecule has 0 saturated heterocycles. The minimum Gasteiger partial charge on any atom is -0.359 e. The average molecular weight is 188 g/mol. The Hall–Kier alpha value is -1.49. The Bertz CT molecular complexity index is 363. The minimum atomic E-state index is -0.0867. The summed E-state index contributed by atoms with van der Waals surface area (Å²) >= 11 is 0. The summed E-state index contributed by atoms with van der Waals surface area (Å²) in [6.07, 6.45) is 0. The first kappa shape index (κ1) is 10.6. The summed E-state index contributed by atoms with van der Waals surface area (Å²) in [6.45, 7) is 6.05. The highest BCUT2D eigenvalue weighted by Crippen LogP contribution is 2.21. The molecular formula is C12H16N2. The van der Waals surface area contributed by atoms with Crippen LogP contribution in [0.4, 0.5) is 5.69 Å². The van der Waals surface area contributed by atoms with Crippen LogP contribution in [0.5, 0.6) is 0 Å². The molecule has 14 heavy (non-hydrogen) atoms. The summed E-state index contributed by atoms with van der Waals surface area (Å²) in [5, 5.41) is 8.82. The maximum absolute atomic E-state index is 8.82. The van der Waals surface area contributed by atoms with E-state index < -0.39 is 0 Å². The van der Waals surface area contributed by atoms with Gasteiger partial charge in [0.05, 0.1) is 6.07 Å². The molecule has 2 heteroatoms. The summed E-state index contributed by atoms with van der Waals surface area (Å²) in [6, 6.07) is 8.42. The lowest BCUT2D eigenvalue weighted by Crippen LogP contribution is -2.27. The Morgan fingerprint density at radius 2 is 2.00 bits per heavy atom. The molecule has 0 aliphatic carbocycles. The van der Waals surface area contributed by atoms with Crippen molar-refractivity contribution in [2.45, 2.75) is 26.8 Å². The molecule has 0 N–H and O–H groups in total. The molecule has 1 unspecified atom stereocenters. The van der Waals surface area contributed by atoms with Crippen LogP contribution in [0.15, 0.2) is 18.2 Å². The largest absolute Gasteiger partial charge is 0.359 e. The highest BCUT2D eigenvalue weighted by molar-refractivity contribution is 5.55. The van der Waals surface area contributed by atoms with E-state index in [2.05, 4.69) is 38.1 Å². The van der Waals surface area contributed by atoms with Crippen LogP contribution in [0.3, 0.4) is 0 Å². The summed E-state index contributed by atoms with van der Waals surface area (Å²) < 4.78 is 0. The van der Waals surface area contributed by atoms with E-state index in [1.165, 1.54) is 11.1 Å².